The maximum absolute atomic E-state index is 12.4. The summed E-state index contributed by atoms with van der Waals surface area (Å²) in [5.41, 5.74) is 3.53. The second-order valence-electron chi connectivity index (χ2n) is 7.27. The minimum atomic E-state index is 0.0494. The summed E-state index contributed by atoms with van der Waals surface area (Å²) in [6.45, 7) is 5.25. The number of methoxy groups -OCH3 is 2. The fourth-order valence-electron chi connectivity index (χ4n) is 3.58. The Balaban J connectivity index is 1.50. The van der Waals surface area contributed by atoms with Crippen LogP contribution in [0.4, 0.5) is 0 Å². The van der Waals surface area contributed by atoms with Crippen LogP contribution in [-0.4, -0.2) is 46.4 Å². The number of amides is 1. The van der Waals surface area contributed by atoms with Gasteiger partial charge in [0.05, 0.1) is 27.4 Å². The molecule has 0 bridgehead atoms. The van der Waals surface area contributed by atoms with Gasteiger partial charge in [-0.1, -0.05) is 30.3 Å². The lowest BCUT2D eigenvalue weighted by Crippen LogP contribution is -3.12. The highest BCUT2D eigenvalue weighted by Gasteiger charge is 2.16. The molecule has 0 aromatic heterocycles. The molecule has 156 valence electrons. The lowest BCUT2D eigenvalue weighted by molar-refractivity contribution is -0.921. The fourth-order valence-corrected chi connectivity index (χ4v) is 3.58. The number of ether oxygens (including phenoxy) is 3. The first-order valence-corrected chi connectivity index (χ1v) is 10.2. The van der Waals surface area contributed by atoms with Crippen LogP contribution in [0.2, 0.25) is 0 Å². The molecule has 2 aromatic rings. The first-order valence-electron chi connectivity index (χ1n) is 10.2. The van der Waals surface area contributed by atoms with Crippen LogP contribution in [0.5, 0.6) is 11.5 Å². The largest absolute Gasteiger partial charge is 0.493 e. The van der Waals surface area contributed by atoms with Crippen LogP contribution in [0.25, 0.3) is 0 Å². The number of hydrogen-bond acceptors (Lipinski definition) is 4. The second-order valence-corrected chi connectivity index (χ2v) is 7.27. The number of benzene rings is 2. The SMILES string of the molecule is COc1ccc(CCC(=O)NCc2ccccc2C[NH+]2CCOCC2)cc1OC. The Bertz CT molecular complexity index is 803. The molecule has 1 saturated heterocycles. The van der Waals surface area contributed by atoms with Crippen molar-refractivity contribution in [3.8, 4) is 11.5 Å². The summed E-state index contributed by atoms with van der Waals surface area (Å²) in [5, 5.41) is 3.07. The van der Waals surface area contributed by atoms with E-state index in [2.05, 4.69) is 23.5 Å². The van der Waals surface area contributed by atoms with Crippen LogP contribution in [-0.2, 0) is 29.0 Å². The van der Waals surface area contributed by atoms with Crippen molar-refractivity contribution in [1.82, 2.24) is 5.32 Å². The molecule has 29 heavy (non-hydrogen) atoms. The summed E-state index contributed by atoms with van der Waals surface area (Å²) in [5.74, 6) is 1.43. The maximum atomic E-state index is 12.4. The van der Waals surface area contributed by atoms with E-state index in [0.29, 0.717) is 30.9 Å². The topological polar surface area (TPSA) is 61.2 Å². The molecule has 0 spiro atoms. The minimum absolute atomic E-state index is 0.0494. The van der Waals surface area contributed by atoms with Gasteiger partial charge in [-0.05, 0) is 29.7 Å². The lowest BCUT2D eigenvalue weighted by atomic mass is 10.1. The predicted molar refractivity (Wildman–Crippen MR) is 111 cm³/mol. The van der Waals surface area contributed by atoms with E-state index in [0.717, 1.165) is 38.4 Å². The van der Waals surface area contributed by atoms with Gasteiger partial charge >= 0.3 is 0 Å². The van der Waals surface area contributed by atoms with Crippen molar-refractivity contribution in [1.29, 1.82) is 0 Å². The molecule has 0 unspecified atom stereocenters. The molecule has 2 aromatic carbocycles. The Morgan fingerprint density at radius 3 is 2.48 bits per heavy atom. The molecule has 1 amide bonds. The monoisotopic (exact) mass is 399 g/mol. The minimum Gasteiger partial charge on any atom is -0.493 e. The number of hydrogen-bond donors (Lipinski definition) is 2. The molecular formula is C23H31N2O4+. The first kappa shape index (κ1) is 21.1. The third-order valence-corrected chi connectivity index (χ3v) is 5.32. The number of rotatable bonds is 9. The number of nitrogens with one attached hydrogen (secondary N) is 2. The van der Waals surface area contributed by atoms with E-state index in [1.54, 1.807) is 14.2 Å². The maximum Gasteiger partial charge on any atom is 0.220 e. The Hall–Kier alpha value is -2.57. The average molecular weight is 400 g/mol. The van der Waals surface area contributed by atoms with Crippen molar-refractivity contribution in [2.24, 2.45) is 0 Å². The van der Waals surface area contributed by atoms with Crippen molar-refractivity contribution in [3.05, 3.63) is 59.2 Å². The van der Waals surface area contributed by atoms with E-state index in [1.165, 1.54) is 16.0 Å². The zero-order valence-electron chi connectivity index (χ0n) is 17.3. The summed E-state index contributed by atoms with van der Waals surface area (Å²) >= 11 is 0. The van der Waals surface area contributed by atoms with Gasteiger partial charge in [0, 0.05) is 18.5 Å². The Kier molecular flexibility index (Phi) is 7.90. The third-order valence-electron chi connectivity index (χ3n) is 5.32. The highest BCUT2D eigenvalue weighted by Crippen LogP contribution is 2.27. The summed E-state index contributed by atoms with van der Waals surface area (Å²) in [6, 6.07) is 14.1. The summed E-state index contributed by atoms with van der Waals surface area (Å²) in [6.07, 6.45) is 1.10. The Morgan fingerprint density at radius 2 is 1.76 bits per heavy atom. The molecule has 0 aliphatic carbocycles. The number of carbonyl (C=O) groups excluding carboxylic acids is 1. The quantitative estimate of drug-likeness (QED) is 0.669. The van der Waals surface area contributed by atoms with Crippen molar-refractivity contribution in [3.63, 3.8) is 0 Å². The average Bonchev–Trinajstić information content (AvgIpc) is 2.77. The molecule has 2 N–H and O–H groups in total. The molecule has 0 radical (unpaired) electrons. The van der Waals surface area contributed by atoms with Gasteiger partial charge in [0.1, 0.15) is 19.6 Å². The van der Waals surface area contributed by atoms with Gasteiger partial charge in [-0.15, -0.1) is 0 Å². The van der Waals surface area contributed by atoms with Crippen LogP contribution in [0.15, 0.2) is 42.5 Å². The zero-order chi connectivity index (χ0) is 20.5. The smallest absolute Gasteiger partial charge is 0.220 e. The van der Waals surface area contributed by atoms with Gasteiger partial charge in [0.25, 0.3) is 0 Å². The molecule has 6 heteroatoms. The predicted octanol–water partition coefficient (Wildman–Crippen LogP) is 1.37. The van der Waals surface area contributed by atoms with E-state index in [4.69, 9.17) is 14.2 Å². The van der Waals surface area contributed by atoms with E-state index in [1.807, 2.05) is 24.3 Å². The van der Waals surface area contributed by atoms with Crippen molar-refractivity contribution in [2.45, 2.75) is 25.9 Å². The summed E-state index contributed by atoms with van der Waals surface area (Å²) in [4.78, 5) is 13.9. The molecule has 0 saturated carbocycles. The van der Waals surface area contributed by atoms with E-state index in [9.17, 15) is 4.79 Å². The van der Waals surface area contributed by atoms with Gasteiger partial charge in [-0.2, -0.15) is 0 Å². The molecule has 1 aliphatic rings. The highest BCUT2D eigenvalue weighted by molar-refractivity contribution is 5.76. The second kappa shape index (κ2) is 10.8. The van der Waals surface area contributed by atoms with Gasteiger partial charge in [0.2, 0.25) is 5.91 Å². The molecular weight excluding hydrogens is 368 g/mol. The normalized spacial score (nSPS) is 14.4. The van der Waals surface area contributed by atoms with Crippen molar-refractivity contribution in [2.75, 3.05) is 40.5 Å². The van der Waals surface area contributed by atoms with E-state index >= 15 is 0 Å². The summed E-state index contributed by atoms with van der Waals surface area (Å²) < 4.78 is 16.0. The van der Waals surface area contributed by atoms with Crippen LogP contribution in [0, 0.1) is 0 Å². The number of aryl methyl sites for hydroxylation is 1. The van der Waals surface area contributed by atoms with Crippen molar-refractivity contribution < 1.29 is 23.9 Å². The fraction of sp³-hybridized carbons (Fsp3) is 0.435. The van der Waals surface area contributed by atoms with Gasteiger partial charge in [0.15, 0.2) is 11.5 Å². The number of carbonyl (C=O) groups is 1. The van der Waals surface area contributed by atoms with E-state index in [-0.39, 0.29) is 5.91 Å². The molecule has 1 aliphatic heterocycles. The van der Waals surface area contributed by atoms with Crippen LogP contribution < -0.4 is 19.7 Å². The molecule has 1 fully saturated rings. The van der Waals surface area contributed by atoms with Crippen LogP contribution in [0.3, 0.4) is 0 Å². The van der Waals surface area contributed by atoms with Gasteiger partial charge < -0.3 is 24.4 Å². The van der Waals surface area contributed by atoms with E-state index < -0.39 is 0 Å². The van der Waals surface area contributed by atoms with Crippen LogP contribution >= 0.6 is 0 Å². The third kappa shape index (κ3) is 6.21. The first-order chi connectivity index (χ1) is 14.2. The highest BCUT2D eigenvalue weighted by atomic mass is 16.5. The number of morpholine rings is 1. The molecule has 6 nitrogen and oxygen atoms in total. The zero-order valence-corrected chi connectivity index (χ0v) is 17.3. The molecule has 3 rings (SSSR count). The Morgan fingerprint density at radius 1 is 1.03 bits per heavy atom. The standard InChI is InChI=1S/C23H30N2O4/c1-27-21-9-7-18(15-22(21)28-2)8-10-23(26)24-16-19-5-3-4-6-20(19)17-25-11-13-29-14-12-25/h3-7,9,15H,8,10-14,16-17H2,1-2H3,(H,24,26)/p+1. The van der Waals surface area contributed by atoms with Gasteiger partial charge in [-0.3, -0.25) is 4.79 Å². The molecule has 1 heterocycles. The lowest BCUT2D eigenvalue weighted by Gasteiger charge is -2.24. The summed E-state index contributed by atoms with van der Waals surface area (Å²) in [7, 11) is 3.23. The number of quaternary nitrogens is 1. The van der Waals surface area contributed by atoms with Crippen LogP contribution in [0.1, 0.15) is 23.1 Å². The molecule has 0 atom stereocenters. The van der Waals surface area contributed by atoms with Crippen molar-refractivity contribution >= 4 is 5.91 Å². The van der Waals surface area contributed by atoms with Gasteiger partial charge in [-0.25, -0.2) is 0 Å². The Labute approximate surface area is 172 Å².